The van der Waals surface area contributed by atoms with E-state index in [2.05, 4.69) is 11.7 Å². The molecule has 1 heterocycles. The third-order valence-corrected chi connectivity index (χ3v) is 8.48. The van der Waals surface area contributed by atoms with E-state index in [0.29, 0.717) is 49.0 Å². The normalized spacial score (nSPS) is 15.8. The fourth-order valence-electron chi connectivity index (χ4n) is 5.79. The molecule has 0 saturated carbocycles. The fourth-order valence-corrected chi connectivity index (χ4v) is 5.79. The first-order chi connectivity index (χ1) is 23.9. The van der Waals surface area contributed by atoms with Gasteiger partial charge in [0, 0.05) is 17.9 Å². The van der Waals surface area contributed by atoms with Gasteiger partial charge < -0.3 is 28.4 Å². The average Bonchev–Trinajstić information content (AvgIpc) is 3.34. The molecule has 1 aliphatic heterocycles. The molecule has 0 amide bonds. The monoisotopic (exact) mass is 694 g/mol. The van der Waals surface area contributed by atoms with Crippen molar-refractivity contribution in [2.45, 2.75) is 39.0 Å². The van der Waals surface area contributed by atoms with Gasteiger partial charge in [-0.3, -0.25) is 0 Å². The summed E-state index contributed by atoms with van der Waals surface area (Å²) in [5.41, 5.74) is 3.78. The van der Waals surface area contributed by atoms with Crippen molar-refractivity contribution in [2.75, 3.05) is 33.0 Å². The van der Waals surface area contributed by atoms with Gasteiger partial charge in [-0.1, -0.05) is 26.0 Å². The van der Waals surface area contributed by atoms with Gasteiger partial charge in [0.05, 0.1) is 37.6 Å². The summed E-state index contributed by atoms with van der Waals surface area (Å²) in [6, 6.07) is 19.4. The van der Waals surface area contributed by atoms with Crippen molar-refractivity contribution < 1.29 is 55.6 Å². The minimum atomic E-state index is -5.08. The molecule has 1 aliphatic carbocycles. The van der Waals surface area contributed by atoms with Crippen LogP contribution in [0.5, 0.6) is 23.0 Å². The SMILES string of the molecule is CC1c2cc(OC(=O)c3ccc(OCCCCOCC4(C)COC4)cc3)ccc2-c2ccc(OC(=O)c3ccc(OC(F)(F)F)c(F)c3)cc21. The predicted molar refractivity (Wildman–Crippen MR) is 173 cm³/mol. The molecule has 6 rings (SSSR count). The number of rotatable bonds is 13. The minimum Gasteiger partial charge on any atom is -0.494 e. The summed E-state index contributed by atoms with van der Waals surface area (Å²) in [7, 11) is 0. The van der Waals surface area contributed by atoms with E-state index in [1.54, 1.807) is 54.6 Å². The maximum atomic E-state index is 14.1. The second-order valence-corrected chi connectivity index (χ2v) is 12.6. The van der Waals surface area contributed by atoms with E-state index in [0.717, 1.165) is 54.4 Å². The highest BCUT2D eigenvalue weighted by Crippen LogP contribution is 2.47. The Morgan fingerprint density at radius 1 is 0.780 bits per heavy atom. The first-order valence-electron chi connectivity index (χ1n) is 16.0. The molecule has 1 atom stereocenters. The fraction of sp³-hybridized carbons (Fsp3) is 0.316. The van der Waals surface area contributed by atoms with Gasteiger partial charge in [-0.15, -0.1) is 13.2 Å². The Balaban J connectivity index is 1.01. The molecule has 0 spiro atoms. The summed E-state index contributed by atoms with van der Waals surface area (Å²) >= 11 is 0. The van der Waals surface area contributed by atoms with Gasteiger partial charge in [-0.05, 0) is 102 Å². The highest BCUT2D eigenvalue weighted by Gasteiger charge is 2.34. The van der Waals surface area contributed by atoms with E-state index in [1.165, 1.54) is 0 Å². The van der Waals surface area contributed by atoms with Crippen LogP contribution < -0.4 is 18.9 Å². The van der Waals surface area contributed by atoms with Crippen LogP contribution in [-0.2, 0) is 9.47 Å². The van der Waals surface area contributed by atoms with Crippen LogP contribution in [0.4, 0.5) is 17.6 Å². The molecule has 262 valence electrons. The number of ether oxygens (including phenoxy) is 6. The number of hydrogen-bond acceptors (Lipinski definition) is 8. The maximum Gasteiger partial charge on any atom is 0.573 e. The molecule has 1 saturated heterocycles. The van der Waals surface area contributed by atoms with Gasteiger partial charge in [-0.25, -0.2) is 14.0 Å². The van der Waals surface area contributed by atoms with E-state index in [1.807, 2.05) is 13.0 Å². The Hall–Kier alpha value is -4.94. The van der Waals surface area contributed by atoms with Crippen LogP contribution in [0.15, 0.2) is 78.9 Å². The van der Waals surface area contributed by atoms with Gasteiger partial charge in [-0.2, -0.15) is 0 Å². The molecule has 0 radical (unpaired) electrons. The molecule has 2 aliphatic rings. The molecular weight excluding hydrogens is 660 g/mol. The second kappa shape index (κ2) is 14.5. The maximum absolute atomic E-state index is 14.1. The first-order valence-corrected chi connectivity index (χ1v) is 16.0. The molecule has 1 unspecified atom stereocenters. The zero-order valence-corrected chi connectivity index (χ0v) is 27.3. The highest BCUT2D eigenvalue weighted by molar-refractivity contribution is 5.92. The van der Waals surface area contributed by atoms with Gasteiger partial charge >= 0.3 is 18.3 Å². The quantitative estimate of drug-likeness (QED) is 0.0596. The van der Waals surface area contributed by atoms with Crippen LogP contribution in [-0.4, -0.2) is 51.3 Å². The largest absolute Gasteiger partial charge is 0.573 e. The van der Waals surface area contributed by atoms with Crippen molar-refractivity contribution in [3.63, 3.8) is 0 Å². The lowest BCUT2D eigenvalue weighted by molar-refractivity contribution is -0.275. The Kier molecular flexibility index (Phi) is 10.1. The lowest BCUT2D eigenvalue weighted by Gasteiger charge is -2.37. The Bertz CT molecular complexity index is 1870. The molecule has 0 aromatic heterocycles. The smallest absolute Gasteiger partial charge is 0.494 e. The number of benzene rings is 4. The van der Waals surface area contributed by atoms with Crippen LogP contribution in [0.2, 0.25) is 0 Å². The summed E-state index contributed by atoms with van der Waals surface area (Å²) < 4.78 is 82.9. The zero-order chi connectivity index (χ0) is 35.5. The number of alkyl halides is 3. The summed E-state index contributed by atoms with van der Waals surface area (Å²) in [6.07, 6.45) is -3.35. The first kappa shape index (κ1) is 34.9. The average molecular weight is 695 g/mol. The van der Waals surface area contributed by atoms with Crippen molar-refractivity contribution in [1.82, 2.24) is 0 Å². The lowest BCUT2D eigenvalue weighted by Crippen LogP contribution is -2.43. The van der Waals surface area contributed by atoms with E-state index in [4.69, 9.17) is 23.7 Å². The zero-order valence-electron chi connectivity index (χ0n) is 27.3. The Labute approximate surface area is 285 Å². The van der Waals surface area contributed by atoms with Crippen LogP contribution in [0, 0.1) is 11.2 Å². The predicted octanol–water partition coefficient (Wildman–Crippen LogP) is 8.51. The van der Waals surface area contributed by atoms with Crippen LogP contribution in [0.25, 0.3) is 11.1 Å². The van der Waals surface area contributed by atoms with Crippen molar-refractivity contribution in [2.24, 2.45) is 5.41 Å². The molecule has 8 nitrogen and oxygen atoms in total. The van der Waals surface area contributed by atoms with Crippen molar-refractivity contribution in [3.05, 3.63) is 107 Å². The van der Waals surface area contributed by atoms with Gasteiger partial charge in [0.2, 0.25) is 0 Å². The van der Waals surface area contributed by atoms with E-state index in [-0.39, 0.29) is 22.6 Å². The number of carbonyl (C=O) groups excluding carboxylic acids is 2. The number of hydrogen-bond donors (Lipinski definition) is 0. The number of fused-ring (bicyclic) bond motifs is 3. The Morgan fingerprint density at radius 3 is 1.90 bits per heavy atom. The minimum absolute atomic E-state index is 0.144. The van der Waals surface area contributed by atoms with Crippen molar-refractivity contribution in [1.29, 1.82) is 0 Å². The third-order valence-electron chi connectivity index (χ3n) is 8.48. The van der Waals surface area contributed by atoms with Crippen LogP contribution >= 0.6 is 0 Å². The molecular formula is C38H34F4O8. The summed E-state index contributed by atoms with van der Waals surface area (Å²) in [6.45, 7) is 7.50. The van der Waals surface area contributed by atoms with Gasteiger partial charge in [0.15, 0.2) is 11.6 Å². The number of esters is 2. The van der Waals surface area contributed by atoms with Gasteiger partial charge in [0.25, 0.3) is 0 Å². The Morgan fingerprint density at radius 2 is 1.34 bits per heavy atom. The van der Waals surface area contributed by atoms with Gasteiger partial charge in [0.1, 0.15) is 17.2 Å². The third kappa shape index (κ3) is 8.26. The highest BCUT2D eigenvalue weighted by atomic mass is 19.4. The molecule has 0 N–H and O–H groups in total. The summed E-state index contributed by atoms with van der Waals surface area (Å²) in [5.74, 6) is -2.86. The topological polar surface area (TPSA) is 89.5 Å². The van der Waals surface area contributed by atoms with Crippen LogP contribution in [0.1, 0.15) is 64.4 Å². The second-order valence-electron chi connectivity index (χ2n) is 12.6. The summed E-state index contributed by atoms with van der Waals surface area (Å²) in [4.78, 5) is 25.6. The van der Waals surface area contributed by atoms with Crippen molar-refractivity contribution >= 4 is 11.9 Å². The van der Waals surface area contributed by atoms with E-state index in [9.17, 15) is 27.2 Å². The van der Waals surface area contributed by atoms with E-state index < -0.39 is 29.9 Å². The molecule has 1 fully saturated rings. The van der Waals surface area contributed by atoms with E-state index >= 15 is 0 Å². The molecule has 4 aromatic rings. The molecule has 12 heteroatoms. The number of carbonyl (C=O) groups is 2. The molecule has 4 aromatic carbocycles. The van der Waals surface area contributed by atoms with Crippen LogP contribution in [0.3, 0.4) is 0 Å². The lowest BCUT2D eigenvalue weighted by atomic mass is 9.90. The molecule has 0 bridgehead atoms. The summed E-state index contributed by atoms with van der Waals surface area (Å²) in [5, 5.41) is 0. The number of unbranched alkanes of at least 4 members (excludes halogenated alkanes) is 1. The standard InChI is InChI=1S/C38H34F4O8/c1-23-31-18-27(48-35(43)24-5-8-26(9-6-24)47-16-4-3-15-45-20-37(2)21-46-22-37)10-12-29(31)30-13-11-28(19-32(23)30)49-36(44)25-7-14-34(33(39)17-25)50-38(40,41)42/h5-14,17-19,23H,3-4,15-16,20-22H2,1-2H3. The molecule has 50 heavy (non-hydrogen) atoms. The number of halogens is 4. The van der Waals surface area contributed by atoms with Crippen molar-refractivity contribution in [3.8, 4) is 34.1 Å².